The number of nitrogens with zero attached hydrogens (tertiary/aromatic N) is 3. The molecule has 1 N–H and O–H groups in total. The number of rotatable bonds is 4. The highest BCUT2D eigenvalue weighted by atomic mass is 35.5. The topological polar surface area (TPSA) is 65.5 Å². The molecule has 2 amide bonds. The van der Waals surface area contributed by atoms with Gasteiger partial charge >= 0.3 is 0 Å². The summed E-state index contributed by atoms with van der Waals surface area (Å²) in [6.45, 7) is 2.96. The van der Waals surface area contributed by atoms with Gasteiger partial charge in [-0.05, 0) is 30.3 Å². The molecule has 0 atom stereocenters. The van der Waals surface area contributed by atoms with Crippen LogP contribution in [0.15, 0.2) is 42.6 Å². The maximum atomic E-state index is 12.2. The second kappa shape index (κ2) is 7.31. The number of halogens is 1. The van der Waals surface area contributed by atoms with E-state index in [9.17, 15) is 9.59 Å². The van der Waals surface area contributed by atoms with Crippen molar-refractivity contribution in [2.24, 2.45) is 0 Å². The van der Waals surface area contributed by atoms with Gasteiger partial charge in [0, 0.05) is 36.8 Å². The standard InChI is InChI=1S/C17H17ClN4O2/c18-14-3-1-2-13(10-14)17(24)20-16-5-4-15(11-19-16)22-8-6-21(12-23)7-9-22/h1-5,10-12H,6-9H2,(H,19,20,24). The van der Waals surface area contributed by atoms with Gasteiger partial charge in [-0.25, -0.2) is 4.98 Å². The molecule has 1 aliphatic heterocycles. The van der Waals surface area contributed by atoms with E-state index in [0.29, 0.717) is 29.5 Å². The van der Waals surface area contributed by atoms with Crippen molar-refractivity contribution in [2.75, 3.05) is 36.4 Å². The van der Waals surface area contributed by atoms with Crippen molar-refractivity contribution in [2.45, 2.75) is 0 Å². The van der Waals surface area contributed by atoms with Gasteiger partial charge < -0.3 is 15.1 Å². The van der Waals surface area contributed by atoms with Crippen LogP contribution in [0, 0.1) is 0 Å². The smallest absolute Gasteiger partial charge is 0.256 e. The summed E-state index contributed by atoms with van der Waals surface area (Å²) < 4.78 is 0. The number of pyridine rings is 1. The molecule has 1 aliphatic rings. The van der Waals surface area contributed by atoms with E-state index in [0.717, 1.165) is 25.2 Å². The molecular formula is C17H17ClN4O2. The highest BCUT2D eigenvalue weighted by Crippen LogP contribution is 2.18. The lowest BCUT2D eigenvalue weighted by atomic mass is 10.2. The quantitative estimate of drug-likeness (QED) is 0.864. The Kier molecular flexibility index (Phi) is 4.96. The lowest BCUT2D eigenvalue weighted by molar-refractivity contribution is -0.118. The third kappa shape index (κ3) is 3.83. The van der Waals surface area contributed by atoms with Gasteiger partial charge in [-0.3, -0.25) is 9.59 Å². The van der Waals surface area contributed by atoms with E-state index in [-0.39, 0.29) is 5.91 Å². The van der Waals surface area contributed by atoms with Crippen molar-refractivity contribution < 1.29 is 9.59 Å². The van der Waals surface area contributed by atoms with E-state index in [1.807, 2.05) is 6.07 Å². The van der Waals surface area contributed by atoms with Gasteiger partial charge in [-0.2, -0.15) is 0 Å². The van der Waals surface area contributed by atoms with E-state index < -0.39 is 0 Å². The highest BCUT2D eigenvalue weighted by molar-refractivity contribution is 6.31. The molecule has 1 aromatic heterocycles. The molecule has 3 rings (SSSR count). The molecule has 0 aliphatic carbocycles. The van der Waals surface area contributed by atoms with Crippen molar-refractivity contribution >= 4 is 35.4 Å². The molecule has 1 fully saturated rings. The SMILES string of the molecule is O=CN1CCN(c2ccc(NC(=O)c3cccc(Cl)c3)nc2)CC1. The zero-order valence-corrected chi connectivity index (χ0v) is 13.7. The summed E-state index contributed by atoms with van der Waals surface area (Å²) in [6, 6.07) is 10.4. The Morgan fingerprint density at radius 2 is 1.96 bits per heavy atom. The van der Waals surface area contributed by atoms with Gasteiger partial charge in [-0.15, -0.1) is 0 Å². The molecule has 7 heteroatoms. The lowest BCUT2D eigenvalue weighted by Crippen LogP contribution is -2.45. The second-order valence-electron chi connectivity index (χ2n) is 5.49. The van der Waals surface area contributed by atoms with Gasteiger partial charge in [-0.1, -0.05) is 17.7 Å². The Morgan fingerprint density at radius 3 is 2.58 bits per heavy atom. The fraction of sp³-hybridized carbons (Fsp3) is 0.235. The Morgan fingerprint density at radius 1 is 1.17 bits per heavy atom. The number of piperazine rings is 1. The minimum atomic E-state index is -0.252. The Labute approximate surface area is 145 Å². The number of carbonyl (C=O) groups is 2. The Balaban J connectivity index is 1.62. The van der Waals surface area contributed by atoms with Crippen molar-refractivity contribution in [3.05, 3.63) is 53.2 Å². The van der Waals surface area contributed by atoms with Crippen LogP contribution < -0.4 is 10.2 Å². The van der Waals surface area contributed by atoms with E-state index in [1.54, 1.807) is 41.4 Å². The monoisotopic (exact) mass is 344 g/mol. The number of aromatic nitrogens is 1. The number of amides is 2. The summed E-state index contributed by atoms with van der Waals surface area (Å²) in [5.74, 6) is 0.229. The number of benzene rings is 1. The van der Waals surface area contributed by atoms with Crippen LogP contribution in [-0.4, -0.2) is 48.4 Å². The van der Waals surface area contributed by atoms with Crippen LogP contribution in [0.3, 0.4) is 0 Å². The molecule has 24 heavy (non-hydrogen) atoms. The van der Waals surface area contributed by atoms with E-state index in [2.05, 4.69) is 15.2 Å². The number of hydrogen-bond acceptors (Lipinski definition) is 4. The third-order valence-electron chi connectivity index (χ3n) is 3.90. The number of hydrogen-bond donors (Lipinski definition) is 1. The summed E-state index contributed by atoms with van der Waals surface area (Å²) in [5, 5.41) is 3.26. The minimum absolute atomic E-state index is 0.252. The molecule has 0 saturated carbocycles. The Hall–Kier alpha value is -2.60. The van der Waals surface area contributed by atoms with Crippen LogP contribution >= 0.6 is 11.6 Å². The molecule has 2 aromatic rings. The van der Waals surface area contributed by atoms with Gasteiger partial charge in [0.05, 0.1) is 11.9 Å². The molecule has 0 unspecified atom stereocenters. The van der Waals surface area contributed by atoms with Gasteiger partial charge in [0.25, 0.3) is 5.91 Å². The van der Waals surface area contributed by atoms with Crippen LogP contribution in [0.4, 0.5) is 11.5 Å². The maximum Gasteiger partial charge on any atom is 0.256 e. The zero-order chi connectivity index (χ0) is 16.9. The van der Waals surface area contributed by atoms with E-state index >= 15 is 0 Å². The molecule has 2 heterocycles. The van der Waals surface area contributed by atoms with Crippen molar-refractivity contribution in [1.82, 2.24) is 9.88 Å². The fourth-order valence-corrected chi connectivity index (χ4v) is 2.74. The first-order valence-electron chi connectivity index (χ1n) is 7.63. The van der Waals surface area contributed by atoms with Gasteiger partial charge in [0.1, 0.15) is 5.82 Å². The predicted molar refractivity (Wildman–Crippen MR) is 93.5 cm³/mol. The normalized spacial score (nSPS) is 14.4. The van der Waals surface area contributed by atoms with Gasteiger partial charge in [0.2, 0.25) is 6.41 Å². The molecule has 0 bridgehead atoms. The molecule has 1 aromatic carbocycles. The average Bonchev–Trinajstić information content (AvgIpc) is 2.62. The Bertz CT molecular complexity index is 728. The molecule has 1 saturated heterocycles. The van der Waals surface area contributed by atoms with Crippen molar-refractivity contribution in [3.8, 4) is 0 Å². The van der Waals surface area contributed by atoms with Crippen LogP contribution in [0.1, 0.15) is 10.4 Å². The first-order valence-corrected chi connectivity index (χ1v) is 8.01. The van der Waals surface area contributed by atoms with Crippen LogP contribution in [0.5, 0.6) is 0 Å². The molecular weight excluding hydrogens is 328 g/mol. The van der Waals surface area contributed by atoms with Gasteiger partial charge in [0.15, 0.2) is 0 Å². The fourth-order valence-electron chi connectivity index (χ4n) is 2.55. The summed E-state index contributed by atoms with van der Waals surface area (Å²) in [4.78, 5) is 31.1. The lowest BCUT2D eigenvalue weighted by Gasteiger charge is -2.33. The third-order valence-corrected chi connectivity index (χ3v) is 4.14. The minimum Gasteiger partial charge on any atom is -0.367 e. The summed E-state index contributed by atoms with van der Waals surface area (Å²) in [7, 11) is 0. The summed E-state index contributed by atoms with van der Waals surface area (Å²) >= 11 is 5.89. The molecule has 0 spiro atoms. The van der Waals surface area contributed by atoms with Crippen LogP contribution in [0.25, 0.3) is 0 Å². The number of anilines is 2. The van der Waals surface area contributed by atoms with E-state index in [4.69, 9.17) is 11.6 Å². The van der Waals surface area contributed by atoms with Crippen molar-refractivity contribution in [3.63, 3.8) is 0 Å². The highest BCUT2D eigenvalue weighted by Gasteiger charge is 2.16. The number of carbonyl (C=O) groups excluding carboxylic acids is 2. The summed E-state index contributed by atoms with van der Waals surface area (Å²) in [6.07, 6.45) is 2.61. The summed E-state index contributed by atoms with van der Waals surface area (Å²) in [5.41, 5.74) is 1.46. The first-order chi connectivity index (χ1) is 11.7. The van der Waals surface area contributed by atoms with Crippen LogP contribution in [-0.2, 0) is 4.79 Å². The van der Waals surface area contributed by atoms with E-state index in [1.165, 1.54) is 0 Å². The number of nitrogens with one attached hydrogen (secondary N) is 1. The predicted octanol–water partition coefficient (Wildman–Crippen LogP) is 2.27. The maximum absolute atomic E-state index is 12.2. The van der Waals surface area contributed by atoms with Crippen molar-refractivity contribution in [1.29, 1.82) is 0 Å². The molecule has 124 valence electrons. The first kappa shape index (κ1) is 16.3. The van der Waals surface area contributed by atoms with Crippen LogP contribution in [0.2, 0.25) is 5.02 Å². The average molecular weight is 345 g/mol. The largest absolute Gasteiger partial charge is 0.367 e. The molecule has 6 nitrogen and oxygen atoms in total. The molecule has 0 radical (unpaired) electrons. The second-order valence-corrected chi connectivity index (χ2v) is 5.93. The zero-order valence-electron chi connectivity index (χ0n) is 13.0.